The maximum absolute atomic E-state index is 13.4. The molecule has 0 fully saturated rings. The van der Waals surface area contributed by atoms with E-state index in [2.05, 4.69) is 5.32 Å². The summed E-state index contributed by atoms with van der Waals surface area (Å²) in [5, 5.41) is 3.73. The van der Waals surface area contributed by atoms with Crippen LogP contribution < -0.4 is 9.62 Å². The molecule has 1 N–H and O–H groups in total. The van der Waals surface area contributed by atoms with Gasteiger partial charge in [0, 0.05) is 23.1 Å². The molecule has 0 bridgehead atoms. The van der Waals surface area contributed by atoms with Gasteiger partial charge in [-0.15, -0.1) is 0 Å². The highest BCUT2D eigenvalue weighted by Crippen LogP contribution is 2.28. The third-order valence-corrected chi connectivity index (χ3v) is 6.96. The minimum atomic E-state index is -3.82. The summed E-state index contributed by atoms with van der Waals surface area (Å²) >= 11 is 12.2. The molecule has 2 aromatic rings. The minimum Gasteiger partial charge on any atom is -0.354 e. The van der Waals surface area contributed by atoms with Crippen molar-refractivity contribution in [1.82, 2.24) is 10.2 Å². The van der Waals surface area contributed by atoms with Gasteiger partial charge in [-0.25, -0.2) is 8.42 Å². The van der Waals surface area contributed by atoms with Crippen LogP contribution in [0, 0.1) is 6.92 Å². The molecule has 2 rings (SSSR count). The minimum absolute atomic E-state index is 0.114. The molecule has 0 radical (unpaired) electrons. The predicted molar refractivity (Wildman–Crippen MR) is 133 cm³/mol. The largest absolute Gasteiger partial charge is 0.354 e. The Morgan fingerprint density at radius 3 is 2.30 bits per heavy atom. The Labute approximate surface area is 205 Å². The summed E-state index contributed by atoms with van der Waals surface area (Å²) in [6, 6.07) is 11.0. The second-order valence-electron chi connectivity index (χ2n) is 7.77. The summed E-state index contributed by atoms with van der Waals surface area (Å²) in [5.41, 5.74) is 1.61. The SMILES string of the molecule is CCCNC(=O)C(C)N(Cc1ccc(Cl)cc1)C(=O)CN(c1cccc(Cl)c1C)S(C)(=O)=O. The average molecular weight is 514 g/mol. The molecule has 10 heteroatoms. The van der Waals surface area contributed by atoms with Gasteiger partial charge in [0.05, 0.1) is 11.9 Å². The Balaban J connectivity index is 2.40. The van der Waals surface area contributed by atoms with Crippen LogP contribution in [0.4, 0.5) is 5.69 Å². The molecule has 0 aliphatic carbocycles. The Hall–Kier alpha value is -2.29. The van der Waals surface area contributed by atoms with Crippen molar-refractivity contribution in [2.24, 2.45) is 0 Å². The monoisotopic (exact) mass is 513 g/mol. The topological polar surface area (TPSA) is 86.8 Å². The quantitative estimate of drug-likeness (QED) is 0.519. The second kappa shape index (κ2) is 11.7. The summed E-state index contributed by atoms with van der Waals surface area (Å²) in [6.45, 7) is 5.35. The lowest BCUT2D eigenvalue weighted by molar-refractivity contribution is -0.139. The maximum atomic E-state index is 13.4. The number of anilines is 1. The number of sulfonamides is 1. The summed E-state index contributed by atoms with van der Waals surface area (Å²) in [4.78, 5) is 27.5. The Kier molecular flexibility index (Phi) is 9.57. The van der Waals surface area contributed by atoms with Crippen molar-refractivity contribution in [2.45, 2.75) is 39.8 Å². The van der Waals surface area contributed by atoms with Crippen molar-refractivity contribution in [3.05, 3.63) is 63.6 Å². The lowest BCUT2D eigenvalue weighted by atomic mass is 10.1. The van der Waals surface area contributed by atoms with Gasteiger partial charge in [-0.05, 0) is 55.7 Å². The first-order valence-electron chi connectivity index (χ1n) is 10.5. The Morgan fingerprint density at radius 2 is 1.73 bits per heavy atom. The standard InChI is InChI=1S/C23H29Cl2N3O4S/c1-5-13-26-23(30)17(3)27(14-18-9-11-19(24)12-10-18)22(29)15-28(33(4,31)32)21-8-6-7-20(25)16(21)2/h6-12,17H,5,13-15H2,1-4H3,(H,26,30). The number of nitrogens with zero attached hydrogens (tertiary/aromatic N) is 2. The first kappa shape index (κ1) is 27.0. The summed E-state index contributed by atoms with van der Waals surface area (Å²) in [7, 11) is -3.82. The van der Waals surface area contributed by atoms with Crippen LogP contribution in [0.5, 0.6) is 0 Å². The summed E-state index contributed by atoms with van der Waals surface area (Å²) in [6.07, 6.45) is 1.78. The van der Waals surface area contributed by atoms with Gasteiger partial charge in [-0.1, -0.05) is 48.3 Å². The van der Waals surface area contributed by atoms with Gasteiger partial charge in [-0.2, -0.15) is 0 Å². The van der Waals surface area contributed by atoms with E-state index in [-0.39, 0.29) is 12.5 Å². The van der Waals surface area contributed by atoms with Crippen LogP contribution in [0.15, 0.2) is 42.5 Å². The van der Waals surface area contributed by atoms with E-state index in [9.17, 15) is 18.0 Å². The fraction of sp³-hybridized carbons (Fsp3) is 0.391. The van der Waals surface area contributed by atoms with Gasteiger partial charge in [-0.3, -0.25) is 13.9 Å². The molecule has 2 aromatic carbocycles. The van der Waals surface area contributed by atoms with Gasteiger partial charge in [0.25, 0.3) is 0 Å². The lowest BCUT2D eigenvalue weighted by Gasteiger charge is -2.32. The van der Waals surface area contributed by atoms with E-state index in [0.717, 1.165) is 22.5 Å². The number of amides is 2. The summed E-state index contributed by atoms with van der Waals surface area (Å²) < 4.78 is 26.2. The number of carbonyl (C=O) groups is 2. The van der Waals surface area contributed by atoms with E-state index in [0.29, 0.717) is 27.8 Å². The Morgan fingerprint density at radius 1 is 1.09 bits per heavy atom. The van der Waals surface area contributed by atoms with Crippen LogP contribution in [0.25, 0.3) is 0 Å². The molecule has 180 valence electrons. The van der Waals surface area contributed by atoms with Gasteiger partial charge < -0.3 is 10.2 Å². The first-order chi connectivity index (χ1) is 15.5. The maximum Gasteiger partial charge on any atom is 0.244 e. The van der Waals surface area contributed by atoms with E-state index in [1.807, 2.05) is 6.92 Å². The van der Waals surface area contributed by atoms with E-state index >= 15 is 0 Å². The molecule has 0 saturated heterocycles. The molecule has 0 aliphatic heterocycles. The van der Waals surface area contributed by atoms with Crippen molar-refractivity contribution in [3.63, 3.8) is 0 Å². The third kappa shape index (κ3) is 7.35. The van der Waals surface area contributed by atoms with Crippen LogP contribution in [-0.2, 0) is 26.2 Å². The number of hydrogen-bond acceptors (Lipinski definition) is 4. The number of benzene rings is 2. The van der Waals surface area contributed by atoms with Crippen molar-refractivity contribution < 1.29 is 18.0 Å². The van der Waals surface area contributed by atoms with Gasteiger partial charge in [0.2, 0.25) is 21.8 Å². The van der Waals surface area contributed by atoms with Crippen molar-refractivity contribution in [2.75, 3.05) is 23.7 Å². The summed E-state index contributed by atoms with van der Waals surface area (Å²) in [5.74, 6) is -0.835. The molecule has 0 saturated carbocycles. The molecule has 1 unspecified atom stereocenters. The number of halogens is 2. The highest BCUT2D eigenvalue weighted by atomic mass is 35.5. The van der Waals surface area contributed by atoms with Gasteiger partial charge in [0.1, 0.15) is 12.6 Å². The fourth-order valence-electron chi connectivity index (χ4n) is 3.23. The molecule has 0 heterocycles. The van der Waals surface area contributed by atoms with Crippen molar-refractivity contribution >= 4 is 50.7 Å². The predicted octanol–water partition coefficient (Wildman–Crippen LogP) is 4.01. The Bertz CT molecular complexity index is 1090. The highest BCUT2D eigenvalue weighted by Gasteiger charge is 2.30. The molecule has 0 aromatic heterocycles. The highest BCUT2D eigenvalue weighted by molar-refractivity contribution is 7.92. The van der Waals surface area contributed by atoms with E-state index < -0.39 is 28.5 Å². The first-order valence-corrected chi connectivity index (χ1v) is 13.1. The van der Waals surface area contributed by atoms with Crippen LogP contribution in [0.3, 0.4) is 0 Å². The molecule has 0 aliphatic rings. The van der Waals surface area contributed by atoms with E-state index in [1.165, 1.54) is 4.90 Å². The van der Waals surface area contributed by atoms with Gasteiger partial charge >= 0.3 is 0 Å². The van der Waals surface area contributed by atoms with Crippen LogP contribution in [0.2, 0.25) is 10.0 Å². The zero-order valence-electron chi connectivity index (χ0n) is 19.1. The molecule has 1 atom stereocenters. The van der Waals surface area contributed by atoms with Crippen molar-refractivity contribution in [3.8, 4) is 0 Å². The molecule has 0 spiro atoms. The van der Waals surface area contributed by atoms with Crippen LogP contribution >= 0.6 is 23.2 Å². The van der Waals surface area contributed by atoms with Crippen LogP contribution in [0.1, 0.15) is 31.4 Å². The zero-order chi connectivity index (χ0) is 24.8. The number of hydrogen-bond donors (Lipinski definition) is 1. The zero-order valence-corrected chi connectivity index (χ0v) is 21.5. The smallest absolute Gasteiger partial charge is 0.244 e. The molecule has 33 heavy (non-hydrogen) atoms. The normalized spacial score (nSPS) is 12.2. The van der Waals surface area contributed by atoms with E-state index in [1.54, 1.807) is 56.3 Å². The molecule has 2 amide bonds. The number of rotatable bonds is 10. The molecular weight excluding hydrogens is 485 g/mol. The van der Waals surface area contributed by atoms with Crippen LogP contribution in [-0.4, -0.2) is 50.5 Å². The molecular formula is C23H29Cl2N3O4S. The fourth-order valence-corrected chi connectivity index (χ4v) is 4.42. The van der Waals surface area contributed by atoms with E-state index in [4.69, 9.17) is 23.2 Å². The average Bonchev–Trinajstić information content (AvgIpc) is 2.76. The lowest BCUT2D eigenvalue weighted by Crippen LogP contribution is -2.51. The van der Waals surface area contributed by atoms with Gasteiger partial charge in [0.15, 0.2) is 0 Å². The second-order valence-corrected chi connectivity index (χ2v) is 10.5. The number of nitrogens with one attached hydrogen (secondary N) is 1. The molecule has 7 nitrogen and oxygen atoms in total. The third-order valence-electron chi connectivity index (χ3n) is 5.17. The van der Waals surface area contributed by atoms with Crippen molar-refractivity contribution in [1.29, 1.82) is 0 Å². The number of carbonyl (C=O) groups excluding carboxylic acids is 2.